The van der Waals surface area contributed by atoms with Crippen molar-refractivity contribution in [1.29, 1.82) is 0 Å². The SMILES string of the molecule is NC(CNCCOCC(F)F)C(=O)O. The number of hydrogen-bond donors (Lipinski definition) is 3. The maximum absolute atomic E-state index is 11.5. The number of carbonyl (C=O) groups is 1. The lowest BCUT2D eigenvalue weighted by Crippen LogP contribution is -2.41. The van der Waals surface area contributed by atoms with E-state index in [1.165, 1.54) is 0 Å². The van der Waals surface area contributed by atoms with E-state index in [1.54, 1.807) is 0 Å². The predicted octanol–water partition coefficient (Wildman–Crippen LogP) is -0.730. The van der Waals surface area contributed by atoms with E-state index in [9.17, 15) is 13.6 Å². The molecular formula is C7H14F2N2O3. The van der Waals surface area contributed by atoms with Crippen molar-refractivity contribution in [1.82, 2.24) is 5.32 Å². The van der Waals surface area contributed by atoms with Gasteiger partial charge in [-0.2, -0.15) is 0 Å². The summed E-state index contributed by atoms with van der Waals surface area (Å²) in [7, 11) is 0. The van der Waals surface area contributed by atoms with E-state index in [0.717, 1.165) is 0 Å². The number of carboxylic acid groups (broad SMARTS) is 1. The number of ether oxygens (including phenoxy) is 1. The Morgan fingerprint density at radius 3 is 2.71 bits per heavy atom. The van der Waals surface area contributed by atoms with E-state index in [2.05, 4.69) is 10.1 Å². The Morgan fingerprint density at radius 1 is 1.57 bits per heavy atom. The summed E-state index contributed by atoms with van der Waals surface area (Å²) in [4.78, 5) is 10.2. The van der Waals surface area contributed by atoms with Gasteiger partial charge in [0.2, 0.25) is 0 Å². The smallest absolute Gasteiger partial charge is 0.321 e. The normalized spacial score (nSPS) is 13.1. The molecule has 0 aliphatic heterocycles. The van der Waals surface area contributed by atoms with E-state index in [1.807, 2.05) is 0 Å². The molecule has 5 nitrogen and oxygen atoms in total. The minimum absolute atomic E-state index is 0.0906. The van der Waals surface area contributed by atoms with Crippen LogP contribution in [0.5, 0.6) is 0 Å². The fourth-order valence-corrected chi connectivity index (χ4v) is 0.662. The van der Waals surface area contributed by atoms with Gasteiger partial charge in [0.15, 0.2) is 0 Å². The minimum Gasteiger partial charge on any atom is -0.480 e. The molecule has 0 aliphatic carbocycles. The van der Waals surface area contributed by atoms with Crippen molar-refractivity contribution < 1.29 is 23.4 Å². The molecule has 7 heteroatoms. The summed E-state index contributed by atoms with van der Waals surface area (Å²) in [6.07, 6.45) is -2.48. The van der Waals surface area contributed by atoms with Crippen LogP contribution >= 0.6 is 0 Å². The molecule has 84 valence electrons. The van der Waals surface area contributed by atoms with Gasteiger partial charge in [0.1, 0.15) is 12.6 Å². The third kappa shape index (κ3) is 7.84. The lowest BCUT2D eigenvalue weighted by atomic mass is 10.3. The number of rotatable bonds is 8. The standard InChI is InChI=1S/C7H14F2N2O3/c8-6(9)4-14-2-1-11-3-5(10)7(12)13/h5-6,11H,1-4,10H2,(H,12,13). The van der Waals surface area contributed by atoms with Crippen LogP contribution in [0.15, 0.2) is 0 Å². The predicted molar refractivity (Wildman–Crippen MR) is 45.3 cm³/mol. The Bertz CT molecular complexity index is 169. The van der Waals surface area contributed by atoms with Crippen molar-refractivity contribution in [3.63, 3.8) is 0 Å². The third-order valence-electron chi connectivity index (χ3n) is 1.35. The highest BCUT2D eigenvalue weighted by Gasteiger charge is 2.09. The van der Waals surface area contributed by atoms with Crippen LogP contribution in [0.1, 0.15) is 0 Å². The lowest BCUT2D eigenvalue weighted by Gasteiger charge is -2.08. The van der Waals surface area contributed by atoms with E-state index in [4.69, 9.17) is 10.8 Å². The molecule has 0 bridgehead atoms. The first-order valence-electron chi connectivity index (χ1n) is 4.09. The number of nitrogens with one attached hydrogen (secondary N) is 1. The lowest BCUT2D eigenvalue weighted by molar-refractivity contribution is -0.138. The van der Waals surface area contributed by atoms with Gasteiger partial charge in [0.05, 0.1) is 6.61 Å². The summed E-state index contributed by atoms with van der Waals surface area (Å²) in [6.45, 7) is -0.107. The van der Waals surface area contributed by atoms with Gasteiger partial charge in [-0.15, -0.1) is 0 Å². The van der Waals surface area contributed by atoms with Gasteiger partial charge in [-0.25, -0.2) is 8.78 Å². The summed E-state index contributed by atoms with van der Waals surface area (Å²) >= 11 is 0. The van der Waals surface area contributed by atoms with E-state index in [0.29, 0.717) is 6.54 Å². The number of aliphatic carboxylic acids is 1. The highest BCUT2D eigenvalue weighted by molar-refractivity contribution is 5.73. The Hall–Kier alpha value is -0.790. The van der Waals surface area contributed by atoms with Crippen molar-refractivity contribution in [2.75, 3.05) is 26.3 Å². The molecule has 0 saturated heterocycles. The zero-order valence-corrected chi connectivity index (χ0v) is 7.58. The van der Waals surface area contributed by atoms with Crippen molar-refractivity contribution in [2.24, 2.45) is 5.73 Å². The molecule has 0 aliphatic rings. The number of halogens is 2. The number of hydrogen-bond acceptors (Lipinski definition) is 4. The Labute approximate surface area is 80.2 Å². The summed E-state index contributed by atoms with van der Waals surface area (Å²) < 4.78 is 27.6. The van der Waals surface area contributed by atoms with Gasteiger partial charge in [-0.05, 0) is 0 Å². The number of nitrogens with two attached hydrogens (primary N) is 1. The van der Waals surface area contributed by atoms with Gasteiger partial charge in [0.25, 0.3) is 6.43 Å². The van der Waals surface area contributed by atoms with Crippen LogP contribution in [-0.2, 0) is 9.53 Å². The van der Waals surface area contributed by atoms with E-state index < -0.39 is 25.0 Å². The second kappa shape index (κ2) is 7.60. The van der Waals surface area contributed by atoms with Crippen LogP contribution in [0.2, 0.25) is 0 Å². The molecule has 0 aromatic heterocycles. The number of alkyl halides is 2. The highest BCUT2D eigenvalue weighted by Crippen LogP contribution is 1.91. The van der Waals surface area contributed by atoms with Gasteiger partial charge in [-0.1, -0.05) is 0 Å². The van der Waals surface area contributed by atoms with Crippen LogP contribution in [0.3, 0.4) is 0 Å². The van der Waals surface area contributed by atoms with Crippen LogP contribution in [0.4, 0.5) is 8.78 Å². The Morgan fingerprint density at radius 2 is 2.21 bits per heavy atom. The Balaban J connectivity index is 3.17. The molecule has 4 N–H and O–H groups in total. The highest BCUT2D eigenvalue weighted by atomic mass is 19.3. The summed E-state index contributed by atoms with van der Waals surface area (Å²) in [5.41, 5.74) is 5.16. The molecular weight excluding hydrogens is 198 g/mol. The fourth-order valence-electron chi connectivity index (χ4n) is 0.662. The van der Waals surface area contributed by atoms with Crippen LogP contribution < -0.4 is 11.1 Å². The molecule has 0 aromatic carbocycles. The molecule has 0 spiro atoms. The van der Waals surface area contributed by atoms with Gasteiger partial charge in [-0.3, -0.25) is 4.79 Å². The summed E-state index contributed by atoms with van der Waals surface area (Å²) in [5, 5.41) is 11.0. The zero-order chi connectivity index (χ0) is 11.0. The van der Waals surface area contributed by atoms with Gasteiger partial charge < -0.3 is 20.9 Å². The van der Waals surface area contributed by atoms with Gasteiger partial charge in [0, 0.05) is 13.1 Å². The molecule has 0 rings (SSSR count). The molecule has 0 heterocycles. The first kappa shape index (κ1) is 13.2. The topological polar surface area (TPSA) is 84.6 Å². The molecule has 0 fully saturated rings. The molecule has 14 heavy (non-hydrogen) atoms. The fraction of sp³-hybridized carbons (Fsp3) is 0.857. The molecule has 0 radical (unpaired) electrons. The van der Waals surface area contributed by atoms with Crippen molar-refractivity contribution in [3.8, 4) is 0 Å². The molecule has 1 atom stereocenters. The third-order valence-corrected chi connectivity index (χ3v) is 1.35. The van der Waals surface area contributed by atoms with Gasteiger partial charge >= 0.3 is 5.97 Å². The monoisotopic (exact) mass is 212 g/mol. The zero-order valence-electron chi connectivity index (χ0n) is 7.58. The van der Waals surface area contributed by atoms with Crippen molar-refractivity contribution in [3.05, 3.63) is 0 Å². The van der Waals surface area contributed by atoms with Crippen molar-refractivity contribution in [2.45, 2.75) is 12.5 Å². The second-order valence-electron chi connectivity index (χ2n) is 2.61. The first-order valence-corrected chi connectivity index (χ1v) is 4.09. The van der Waals surface area contributed by atoms with Crippen molar-refractivity contribution >= 4 is 5.97 Å². The van der Waals surface area contributed by atoms with Crippen LogP contribution in [0, 0.1) is 0 Å². The van der Waals surface area contributed by atoms with Crippen LogP contribution in [-0.4, -0.2) is 49.8 Å². The average molecular weight is 212 g/mol. The van der Waals surface area contributed by atoms with E-state index >= 15 is 0 Å². The summed E-state index contributed by atoms with van der Waals surface area (Å²) in [5.74, 6) is -1.11. The van der Waals surface area contributed by atoms with Crippen LogP contribution in [0.25, 0.3) is 0 Å². The molecule has 0 aromatic rings. The summed E-state index contributed by atoms with van der Waals surface area (Å²) in [6, 6.07) is -0.981. The number of carboxylic acids is 1. The maximum atomic E-state index is 11.5. The first-order chi connectivity index (χ1) is 6.54. The quantitative estimate of drug-likeness (QED) is 0.462. The molecule has 0 amide bonds. The second-order valence-corrected chi connectivity index (χ2v) is 2.61. The largest absolute Gasteiger partial charge is 0.480 e. The Kier molecular flexibility index (Phi) is 7.17. The molecule has 1 unspecified atom stereocenters. The average Bonchev–Trinajstić information content (AvgIpc) is 2.09. The van der Waals surface area contributed by atoms with E-state index in [-0.39, 0.29) is 13.2 Å². The minimum atomic E-state index is -2.48. The molecule has 0 saturated carbocycles. The maximum Gasteiger partial charge on any atom is 0.321 e.